The van der Waals surface area contributed by atoms with Crippen molar-refractivity contribution in [2.75, 3.05) is 12.4 Å². The van der Waals surface area contributed by atoms with Crippen LogP contribution in [0.5, 0.6) is 0 Å². The van der Waals surface area contributed by atoms with Gasteiger partial charge in [-0.25, -0.2) is 0 Å². The van der Waals surface area contributed by atoms with Gasteiger partial charge in [-0.2, -0.15) is 5.26 Å². The standard InChI is InChI=1S/C12H21NO2S/c1-4-11(16-8-6-5-7-13)12(14)15-9-10(2)3/h10-11H,4-6,8-9H2,1-3H3. The Kier molecular flexibility index (Phi) is 9.12. The molecule has 16 heavy (non-hydrogen) atoms. The molecule has 3 nitrogen and oxygen atoms in total. The highest BCUT2D eigenvalue weighted by Gasteiger charge is 2.18. The molecule has 0 radical (unpaired) electrons. The third kappa shape index (κ3) is 7.58. The summed E-state index contributed by atoms with van der Waals surface area (Å²) in [6, 6.07) is 2.10. The summed E-state index contributed by atoms with van der Waals surface area (Å²) < 4.78 is 5.19. The van der Waals surface area contributed by atoms with Crippen LogP contribution >= 0.6 is 11.8 Å². The average molecular weight is 243 g/mol. The number of hydrogen-bond donors (Lipinski definition) is 0. The Morgan fingerprint density at radius 2 is 2.19 bits per heavy atom. The van der Waals surface area contributed by atoms with Crippen molar-refractivity contribution in [2.24, 2.45) is 5.92 Å². The fourth-order valence-electron chi connectivity index (χ4n) is 1.07. The third-order valence-corrected chi connectivity index (χ3v) is 3.40. The molecule has 0 fully saturated rings. The smallest absolute Gasteiger partial charge is 0.319 e. The zero-order chi connectivity index (χ0) is 12.4. The van der Waals surface area contributed by atoms with Gasteiger partial charge < -0.3 is 4.74 Å². The monoisotopic (exact) mass is 243 g/mol. The van der Waals surface area contributed by atoms with E-state index in [2.05, 4.69) is 6.07 Å². The molecule has 0 amide bonds. The van der Waals surface area contributed by atoms with E-state index >= 15 is 0 Å². The second-order valence-corrected chi connectivity index (χ2v) is 5.36. The van der Waals surface area contributed by atoms with E-state index in [1.807, 2.05) is 20.8 Å². The van der Waals surface area contributed by atoms with Gasteiger partial charge in [0.15, 0.2) is 0 Å². The van der Waals surface area contributed by atoms with Crippen molar-refractivity contribution in [3.05, 3.63) is 0 Å². The van der Waals surface area contributed by atoms with Crippen LogP contribution in [0.2, 0.25) is 0 Å². The van der Waals surface area contributed by atoms with E-state index in [4.69, 9.17) is 10.00 Å². The highest BCUT2D eigenvalue weighted by Crippen LogP contribution is 2.18. The molecule has 0 aliphatic heterocycles. The zero-order valence-electron chi connectivity index (χ0n) is 10.4. The van der Waals surface area contributed by atoms with Crippen LogP contribution in [0.25, 0.3) is 0 Å². The molecule has 0 heterocycles. The molecule has 0 spiro atoms. The first kappa shape index (κ1) is 15.3. The highest BCUT2D eigenvalue weighted by atomic mass is 32.2. The maximum atomic E-state index is 11.6. The largest absolute Gasteiger partial charge is 0.465 e. The second-order valence-electron chi connectivity index (χ2n) is 4.05. The van der Waals surface area contributed by atoms with E-state index in [9.17, 15) is 4.79 Å². The van der Waals surface area contributed by atoms with Crippen LogP contribution in [0.1, 0.15) is 40.0 Å². The maximum Gasteiger partial charge on any atom is 0.319 e. The molecule has 0 saturated carbocycles. The summed E-state index contributed by atoms with van der Waals surface area (Å²) in [4.78, 5) is 11.6. The number of thioether (sulfide) groups is 1. The molecular weight excluding hydrogens is 222 g/mol. The molecule has 0 N–H and O–H groups in total. The van der Waals surface area contributed by atoms with Crippen LogP contribution in [0.4, 0.5) is 0 Å². The van der Waals surface area contributed by atoms with Crippen LogP contribution in [0.15, 0.2) is 0 Å². The Morgan fingerprint density at radius 1 is 1.50 bits per heavy atom. The van der Waals surface area contributed by atoms with Crippen molar-refractivity contribution in [3.63, 3.8) is 0 Å². The Labute approximate surface area is 103 Å². The first-order chi connectivity index (χ1) is 7.61. The lowest BCUT2D eigenvalue weighted by Crippen LogP contribution is -2.22. The summed E-state index contributed by atoms with van der Waals surface area (Å²) in [5, 5.41) is 8.32. The minimum absolute atomic E-state index is 0.0718. The molecule has 0 rings (SSSR count). The zero-order valence-corrected chi connectivity index (χ0v) is 11.2. The summed E-state index contributed by atoms with van der Waals surface area (Å²) in [5.74, 6) is 1.12. The van der Waals surface area contributed by atoms with E-state index in [0.29, 0.717) is 18.9 Å². The highest BCUT2D eigenvalue weighted by molar-refractivity contribution is 8.00. The number of carbonyl (C=O) groups is 1. The van der Waals surface area contributed by atoms with Gasteiger partial charge in [0.05, 0.1) is 12.7 Å². The van der Waals surface area contributed by atoms with Gasteiger partial charge in [0.1, 0.15) is 5.25 Å². The minimum atomic E-state index is -0.113. The van der Waals surface area contributed by atoms with Crippen molar-refractivity contribution < 1.29 is 9.53 Å². The number of nitriles is 1. The van der Waals surface area contributed by atoms with Gasteiger partial charge in [0, 0.05) is 6.42 Å². The topological polar surface area (TPSA) is 50.1 Å². The fraction of sp³-hybridized carbons (Fsp3) is 0.833. The molecule has 1 unspecified atom stereocenters. The van der Waals surface area contributed by atoms with Gasteiger partial charge in [0.25, 0.3) is 0 Å². The lowest BCUT2D eigenvalue weighted by atomic mass is 10.2. The van der Waals surface area contributed by atoms with Crippen molar-refractivity contribution >= 4 is 17.7 Å². The van der Waals surface area contributed by atoms with Crippen molar-refractivity contribution in [2.45, 2.75) is 45.3 Å². The number of carbonyl (C=O) groups excluding carboxylic acids is 1. The fourth-order valence-corrected chi connectivity index (χ4v) is 2.11. The molecule has 92 valence electrons. The molecule has 0 aliphatic rings. The summed E-state index contributed by atoms with van der Waals surface area (Å²) in [6.45, 7) is 6.52. The molecule has 1 atom stereocenters. The Hall–Kier alpha value is -0.690. The summed E-state index contributed by atoms with van der Waals surface area (Å²) in [7, 11) is 0. The second kappa shape index (κ2) is 9.53. The first-order valence-electron chi connectivity index (χ1n) is 5.77. The van der Waals surface area contributed by atoms with Gasteiger partial charge in [-0.05, 0) is 24.5 Å². The van der Waals surface area contributed by atoms with Crippen LogP contribution in [-0.4, -0.2) is 23.6 Å². The lowest BCUT2D eigenvalue weighted by molar-refractivity contribution is -0.144. The Bertz CT molecular complexity index is 236. The van der Waals surface area contributed by atoms with Gasteiger partial charge >= 0.3 is 5.97 Å². The van der Waals surface area contributed by atoms with Crippen LogP contribution in [0, 0.1) is 17.2 Å². The minimum Gasteiger partial charge on any atom is -0.465 e. The van der Waals surface area contributed by atoms with E-state index < -0.39 is 0 Å². The molecule has 0 aromatic rings. The quantitative estimate of drug-likeness (QED) is 0.486. The maximum absolute atomic E-state index is 11.6. The van der Waals surface area contributed by atoms with E-state index in [1.165, 1.54) is 0 Å². The average Bonchev–Trinajstić information content (AvgIpc) is 2.26. The molecular formula is C12H21NO2S. The van der Waals surface area contributed by atoms with E-state index in [0.717, 1.165) is 18.6 Å². The predicted molar refractivity (Wildman–Crippen MR) is 67.2 cm³/mol. The molecule has 0 aromatic carbocycles. The number of unbranched alkanes of at least 4 members (excludes halogenated alkanes) is 1. The van der Waals surface area contributed by atoms with Gasteiger partial charge in [-0.3, -0.25) is 4.79 Å². The normalized spacial score (nSPS) is 12.2. The molecule has 0 aliphatic carbocycles. The first-order valence-corrected chi connectivity index (χ1v) is 6.81. The number of ether oxygens (including phenoxy) is 1. The predicted octanol–water partition coefficient (Wildman–Crippen LogP) is 3.00. The SMILES string of the molecule is CCC(SCCCC#N)C(=O)OCC(C)C. The van der Waals surface area contributed by atoms with Crippen LogP contribution in [0.3, 0.4) is 0 Å². The third-order valence-electron chi connectivity index (χ3n) is 1.94. The number of esters is 1. The van der Waals surface area contributed by atoms with Crippen molar-refractivity contribution in [3.8, 4) is 6.07 Å². The number of hydrogen-bond acceptors (Lipinski definition) is 4. The molecule has 0 bridgehead atoms. The van der Waals surface area contributed by atoms with E-state index in [1.54, 1.807) is 11.8 Å². The van der Waals surface area contributed by atoms with Gasteiger partial charge in [-0.1, -0.05) is 20.8 Å². The van der Waals surface area contributed by atoms with Crippen molar-refractivity contribution in [1.29, 1.82) is 5.26 Å². The van der Waals surface area contributed by atoms with Crippen LogP contribution in [-0.2, 0) is 9.53 Å². The molecule has 4 heteroatoms. The van der Waals surface area contributed by atoms with Crippen LogP contribution < -0.4 is 0 Å². The van der Waals surface area contributed by atoms with Gasteiger partial charge in [0.2, 0.25) is 0 Å². The van der Waals surface area contributed by atoms with Gasteiger partial charge in [-0.15, -0.1) is 11.8 Å². The Balaban J connectivity index is 3.79. The number of rotatable bonds is 8. The summed E-state index contributed by atoms with van der Waals surface area (Å²) in [5.41, 5.74) is 0. The Morgan fingerprint density at radius 3 is 2.69 bits per heavy atom. The lowest BCUT2D eigenvalue weighted by Gasteiger charge is -2.14. The van der Waals surface area contributed by atoms with Crippen molar-refractivity contribution in [1.82, 2.24) is 0 Å². The summed E-state index contributed by atoms with van der Waals surface area (Å²) >= 11 is 1.60. The molecule has 0 aromatic heterocycles. The summed E-state index contributed by atoms with van der Waals surface area (Å²) in [6.07, 6.45) is 2.19. The molecule has 0 saturated heterocycles. The number of nitrogens with zero attached hydrogens (tertiary/aromatic N) is 1. The van der Waals surface area contributed by atoms with E-state index in [-0.39, 0.29) is 11.2 Å².